The molecule has 0 saturated carbocycles. The number of pyridine rings is 1. The lowest BCUT2D eigenvalue weighted by Crippen LogP contribution is -3.06. The van der Waals surface area contributed by atoms with Crippen LogP contribution in [0.25, 0.3) is 0 Å². The quantitative estimate of drug-likeness (QED) is 0.829. The third-order valence-corrected chi connectivity index (χ3v) is 4.73. The Hall–Kier alpha value is -3.11. The highest BCUT2D eigenvalue weighted by atomic mass is 19.1. The van der Waals surface area contributed by atoms with Gasteiger partial charge >= 0.3 is 0 Å². The fourth-order valence-electron chi connectivity index (χ4n) is 3.29. The molecule has 1 aromatic carbocycles. The van der Waals surface area contributed by atoms with Crippen LogP contribution in [0.4, 0.5) is 4.39 Å². The SMILES string of the molecule is Cc1cc2c(c(=O)n1CC[NH+](C)C)[C@H](c1ccc(F)cc1)C(C#N)=C(N)O2. The normalized spacial score (nSPS) is 16.1. The second-order valence-corrected chi connectivity index (χ2v) is 6.95. The number of likely N-dealkylation sites (N-methyl/N-ethyl adjacent to an activating group) is 1. The van der Waals surface area contributed by atoms with Crippen LogP contribution in [0, 0.1) is 24.1 Å². The monoisotopic (exact) mass is 369 g/mol. The molecule has 0 bridgehead atoms. The van der Waals surface area contributed by atoms with Crippen LogP contribution in [-0.2, 0) is 6.54 Å². The van der Waals surface area contributed by atoms with Gasteiger partial charge in [0.2, 0.25) is 5.88 Å². The minimum absolute atomic E-state index is 0.0337. The number of quaternary nitrogens is 1. The summed E-state index contributed by atoms with van der Waals surface area (Å²) in [5.74, 6) is -0.771. The zero-order valence-electron chi connectivity index (χ0n) is 15.5. The molecule has 1 aliphatic rings. The average molecular weight is 369 g/mol. The van der Waals surface area contributed by atoms with E-state index in [4.69, 9.17) is 10.5 Å². The smallest absolute Gasteiger partial charge is 0.258 e. The van der Waals surface area contributed by atoms with E-state index in [1.165, 1.54) is 17.0 Å². The van der Waals surface area contributed by atoms with Crippen molar-refractivity contribution in [1.82, 2.24) is 4.57 Å². The van der Waals surface area contributed by atoms with E-state index in [9.17, 15) is 14.4 Å². The summed E-state index contributed by atoms with van der Waals surface area (Å²) in [5.41, 5.74) is 7.60. The molecule has 0 fully saturated rings. The number of ether oxygens (including phenoxy) is 1. The Kier molecular flexibility index (Phi) is 5.02. The Balaban J connectivity index is 2.22. The van der Waals surface area contributed by atoms with Gasteiger partial charge in [0.25, 0.3) is 5.56 Å². The van der Waals surface area contributed by atoms with Gasteiger partial charge in [-0.3, -0.25) is 4.79 Å². The molecule has 0 aliphatic carbocycles. The van der Waals surface area contributed by atoms with Gasteiger partial charge in [0, 0.05) is 11.8 Å². The Bertz CT molecular complexity index is 1000. The minimum atomic E-state index is -0.689. The molecule has 0 spiro atoms. The molecule has 0 saturated heterocycles. The number of rotatable bonds is 4. The summed E-state index contributed by atoms with van der Waals surface area (Å²) < 4.78 is 20.7. The third kappa shape index (κ3) is 3.44. The van der Waals surface area contributed by atoms with E-state index in [2.05, 4.69) is 6.07 Å². The molecule has 140 valence electrons. The number of nitrogens with zero attached hydrogens (tertiary/aromatic N) is 2. The van der Waals surface area contributed by atoms with Gasteiger partial charge in [-0.1, -0.05) is 12.1 Å². The molecule has 6 nitrogen and oxygen atoms in total. The summed E-state index contributed by atoms with van der Waals surface area (Å²) in [6.45, 7) is 3.14. The van der Waals surface area contributed by atoms with Crippen molar-refractivity contribution in [2.24, 2.45) is 5.73 Å². The van der Waals surface area contributed by atoms with Crippen LogP contribution < -0.4 is 20.9 Å². The first-order chi connectivity index (χ1) is 12.8. The molecule has 3 N–H and O–H groups in total. The van der Waals surface area contributed by atoms with E-state index in [1.807, 2.05) is 21.0 Å². The number of hydrogen-bond acceptors (Lipinski definition) is 4. The van der Waals surface area contributed by atoms with Gasteiger partial charge in [-0.05, 0) is 24.6 Å². The second kappa shape index (κ2) is 7.25. The number of nitrogens with two attached hydrogens (primary N) is 1. The largest absolute Gasteiger partial charge is 0.440 e. The van der Waals surface area contributed by atoms with Gasteiger partial charge in [-0.15, -0.1) is 0 Å². The fourth-order valence-corrected chi connectivity index (χ4v) is 3.29. The van der Waals surface area contributed by atoms with E-state index in [0.29, 0.717) is 23.4 Å². The summed E-state index contributed by atoms with van der Waals surface area (Å²) in [7, 11) is 4.03. The molecule has 1 atom stereocenters. The van der Waals surface area contributed by atoms with Crippen LogP contribution >= 0.6 is 0 Å². The minimum Gasteiger partial charge on any atom is -0.440 e. The standard InChI is InChI=1S/C20H21FN4O2/c1-12-10-16-18(20(26)25(12)9-8-24(2)3)17(15(11-22)19(23)27-16)13-4-6-14(21)7-5-13/h4-7,10,17H,8-9,23H2,1-3H3/p+1/t17-/m1/s1. The molecule has 2 heterocycles. The number of fused-ring (bicyclic) bond motifs is 1. The first kappa shape index (κ1) is 18.7. The first-order valence-electron chi connectivity index (χ1n) is 8.70. The van der Waals surface area contributed by atoms with E-state index >= 15 is 0 Å². The van der Waals surface area contributed by atoms with Crippen molar-refractivity contribution in [1.29, 1.82) is 5.26 Å². The molecule has 0 amide bonds. The van der Waals surface area contributed by atoms with Gasteiger partial charge in [-0.25, -0.2) is 4.39 Å². The van der Waals surface area contributed by atoms with Crippen LogP contribution in [0.3, 0.4) is 0 Å². The predicted molar refractivity (Wildman–Crippen MR) is 98.8 cm³/mol. The van der Waals surface area contributed by atoms with Crippen LogP contribution in [-0.4, -0.2) is 25.2 Å². The van der Waals surface area contributed by atoms with Crippen LogP contribution in [0.1, 0.15) is 22.7 Å². The summed E-state index contributed by atoms with van der Waals surface area (Å²) >= 11 is 0. The van der Waals surface area contributed by atoms with Crippen LogP contribution in [0.2, 0.25) is 0 Å². The van der Waals surface area contributed by atoms with Crippen molar-refractivity contribution in [3.8, 4) is 11.8 Å². The molecule has 0 radical (unpaired) electrons. The van der Waals surface area contributed by atoms with Gasteiger partial charge in [-0.2, -0.15) is 5.26 Å². The number of hydrogen-bond donors (Lipinski definition) is 2. The summed E-state index contributed by atoms with van der Waals surface area (Å²) in [6, 6.07) is 9.55. The maximum absolute atomic E-state index is 13.4. The Labute approximate surface area is 156 Å². The molecule has 2 aromatic rings. The zero-order chi connectivity index (χ0) is 19.7. The van der Waals surface area contributed by atoms with Crippen LogP contribution in [0.15, 0.2) is 46.6 Å². The highest BCUT2D eigenvalue weighted by Crippen LogP contribution is 2.40. The highest BCUT2D eigenvalue weighted by molar-refractivity contribution is 5.55. The van der Waals surface area contributed by atoms with Crippen molar-refractivity contribution in [2.45, 2.75) is 19.4 Å². The lowest BCUT2D eigenvalue weighted by atomic mass is 9.84. The molecular formula is C20H22FN4O2+. The number of aromatic nitrogens is 1. The van der Waals surface area contributed by atoms with Crippen molar-refractivity contribution in [3.05, 3.63) is 74.8 Å². The Morgan fingerprint density at radius 3 is 2.59 bits per heavy atom. The summed E-state index contributed by atoms with van der Waals surface area (Å²) in [6.07, 6.45) is 0. The number of aryl methyl sites for hydroxylation is 1. The van der Waals surface area contributed by atoms with E-state index in [1.54, 1.807) is 22.8 Å². The Morgan fingerprint density at radius 2 is 2.00 bits per heavy atom. The van der Waals surface area contributed by atoms with Crippen LogP contribution in [0.5, 0.6) is 5.75 Å². The summed E-state index contributed by atoms with van der Waals surface area (Å²) in [4.78, 5) is 14.5. The predicted octanol–water partition coefficient (Wildman–Crippen LogP) is 0.659. The van der Waals surface area contributed by atoms with Crippen molar-refractivity contribution in [3.63, 3.8) is 0 Å². The summed E-state index contributed by atoms with van der Waals surface area (Å²) in [5, 5.41) is 9.61. The van der Waals surface area contributed by atoms with Crippen molar-refractivity contribution < 1.29 is 14.0 Å². The number of nitrogens with one attached hydrogen (secondary N) is 1. The van der Waals surface area contributed by atoms with E-state index < -0.39 is 11.7 Å². The first-order valence-corrected chi connectivity index (χ1v) is 8.70. The maximum Gasteiger partial charge on any atom is 0.258 e. The van der Waals surface area contributed by atoms with Gasteiger partial charge < -0.3 is 19.9 Å². The Morgan fingerprint density at radius 1 is 1.33 bits per heavy atom. The molecule has 1 aliphatic heterocycles. The van der Waals surface area contributed by atoms with Crippen molar-refractivity contribution in [2.75, 3.05) is 20.6 Å². The zero-order valence-corrected chi connectivity index (χ0v) is 15.5. The average Bonchev–Trinajstić information content (AvgIpc) is 2.61. The van der Waals surface area contributed by atoms with E-state index in [0.717, 1.165) is 12.2 Å². The van der Waals surface area contributed by atoms with Gasteiger partial charge in [0.1, 0.15) is 23.2 Å². The topological polar surface area (TPSA) is 85.5 Å². The lowest BCUT2D eigenvalue weighted by Gasteiger charge is -2.27. The van der Waals surface area contributed by atoms with Crippen molar-refractivity contribution >= 4 is 0 Å². The molecular weight excluding hydrogens is 347 g/mol. The highest BCUT2D eigenvalue weighted by Gasteiger charge is 2.34. The lowest BCUT2D eigenvalue weighted by molar-refractivity contribution is -0.858. The molecule has 3 rings (SSSR count). The maximum atomic E-state index is 13.4. The van der Waals surface area contributed by atoms with Gasteiger partial charge in [0.15, 0.2) is 0 Å². The molecule has 27 heavy (non-hydrogen) atoms. The van der Waals surface area contributed by atoms with Gasteiger partial charge in [0.05, 0.1) is 38.7 Å². The molecule has 7 heteroatoms. The number of nitriles is 1. The number of benzene rings is 1. The van der Waals surface area contributed by atoms with E-state index in [-0.39, 0.29) is 17.0 Å². The number of halogens is 1. The number of allylic oxidation sites excluding steroid dienone is 1. The molecule has 1 aromatic heterocycles. The second-order valence-electron chi connectivity index (χ2n) is 6.95. The fraction of sp³-hybridized carbons (Fsp3) is 0.300. The molecule has 0 unspecified atom stereocenters. The third-order valence-electron chi connectivity index (χ3n) is 4.73.